The zero-order chi connectivity index (χ0) is 20.1. The fourth-order valence-electron chi connectivity index (χ4n) is 3.89. The van der Waals surface area contributed by atoms with Crippen LogP contribution in [0.1, 0.15) is 28.8 Å². The molecule has 10 heteroatoms. The van der Waals surface area contributed by atoms with E-state index >= 15 is 0 Å². The molecule has 2 aliphatic heterocycles. The lowest BCUT2D eigenvalue weighted by Crippen LogP contribution is -2.52. The van der Waals surface area contributed by atoms with Crippen LogP contribution in [0.4, 0.5) is 11.5 Å². The van der Waals surface area contributed by atoms with Gasteiger partial charge in [0.2, 0.25) is 11.8 Å². The standard InChI is InChI=1S/C19H17N7O3/c1-25-17-11(7-22-25)16(20-9-21-17)23-13-4-2-3-10-12(13)8-26(19(10)29)14-5-6-15(27)24-18(14)28/h2-4,7,9,14H,5-6,8H2,1H3,(H,20,21,23)(H,24,27,28). The number of rotatable bonds is 3. The van der Waals surface area contributed by atoms with Crippen LogP contribution in [-0.2, 0) is 23.2 Å². The van der Waals surface area contributed by atoms with E-state index in [0.29, 0.717) is 23.4 Å². The van der Waals surface area contributed by atoms with Gasteiger partial charge in [-0.25, -0.2) is 9.97 Å². The number of anilines is 2. The highest BCUT2D eigenvalue weighted by Gasteiger charge is 2.39. The lowest BCUT2D eigenvalue weighted by molar-refractivity contribution is -0.136. The van der Waals surface area contributed by atoms with E-state index in [1.165, 1.54) is 11.2 Å². The first-order valence-electron chi connectivity index (χ1n) is 9.19. The Morgan fingerprint density at radius 1 is 1.21 bits per heavy atom. The number of aryl methyl sites for hydroxylation is 1. The molecule has 2 aromatic heterocycles. The number of imide groups is 1. The predicted octanol–water partition coefficient (Wildman–Crippen LogP) is 0.868. The summed E-state index contributed by atoms with van der Waals surface area (Å²) in [6.45, 7) is 0.283. The smallest absolute Gasteiger partial charge is 0.255 e. The van der Waals surface area contributed by atoms with Crippen LogP contribution in [-0.4, -0.2) is 48.4 Å². The summed E-state index contributed by atoms with van der Waals surface area (Å²) in [5, 5.41) is 10.6. The maximum atomic E-state index is 12.9. The maximum Gasteiger partial charge on any atom is 0.255 e. The van der Waals surface area contributed by atoms with Crippen LogP contribution in [0.2, 0.25) is 0 Å². The summed E-state index contributed by atoms with van der Waals surface area (Å²) in [5.74, 6) is -0.359. The van der Waals surface area contributed by atoms with E-state index in [9.17, 15) is 14.4 Å². The molecule has 4 heterocycles. The fraction of sp³-hybridized carbons (Fsp3) is 0.263. The van der Waals surface area contributed by atoms with E-state index in [4.69, 9.17) is 0 Å². The summed E-state index contributed by atoms with van der Waals surface area (Å²) in [6.07, 6.45) is 3.69. The minimum atomic E-state index is -0.649. The average molecular weight is 391 g/mol. The largest absolute Gasteiger partial charge is 0.339 e. The van der Waals surface area contributed by atoms with Crippen LogP contribution in [0.25, 0.3) is 11.0 Å². The lowest BCUT2D eigenvalue weighted by Gasteiger charge is -2.29. The van der Waals surface area contributed by atoms with Gasteiger partial charge in [0.15, 0.2) is 5.65 Å². The van der Waals surface area contributed by atoms with Gasteiger partial charge in [-0.2, -0.15) is 5.10 Å². The van der Waals surface area contributed by atoms with E-state index in [1.807, 2.05) is 6.07 Å². The highest BCUT2D eigenvalue weighted by Crippen LogP contribution is 2.34. The number of amides is 3. The molecule has 2 aliphatic rings. The quantitative estimate of drug-likeness (QED) is 0.635. The first-order chi connectivity index (χ1) is 14.0. The number of fused-ring (bicyclic) bond motifs is 2. The predicted molar refractivity (Wildman–Crippen MR) is 102 cm³/mol. The molecule has 1 unspecified atom stereocenters. The van der Waals surface area contributed by atoms with Crippen LogP contribution in [0.3, 0.4) is 0 Å². The Hall–Kier alpha value is -3.82. The van der Waals surface area contributed by atoms with Crippen molar-refractivity contribution in [1.29, 1.82) is 0 Å². The third-order valence-electron chi connectivity index (χ3n) is 5.36. The van der Waals surface area contributed by atoms with Gasteiger partial charge in [-0.3, -0.25) is 24.4 Å². The molecule has 2 N–H and O–H groups in total. The Morgan fingerprint density at radius 2 is 2.07 bits per heavy atom. The van der Waals surface area contributed by atoms with Crippen molar-refractivity contribution in [3.63, 3.8) is 0 Å². The zero-order valence-corrected chi connectivity index (χ0v) is 15.5. The van der Waals surface area contributed by atoms with Gasteiger partial charge in [0.1, 0.15) is 18.2 Å². The number of benzene rings is 1. The van der Waals surface area contributed by atoms with Crippen molar-refractivity contribution in [2.75, 3.05) is 5.32 Å². The summed E-state index contributed by atoms with van der Waals surface area (Å²) in [5.41, 5.74) is 2.75. The molecule has 0 radical (unpaired) electrons. The molecule has 146 valence electrons. The fourth-order valence-corrected chi connectivity index (χ4v) is 3.89. The average Bonchev–Trinajstić information content (AvgIpc) is 3.24. The minimum absolute atomic E-state index is 0.215. The molecule has 10 nitrogen and oxygen atoms in total. The number of hydrogen-bond acceptors (Lipinski definition) is 7. The van der Waals surface area contributed by atoms with Gasteiger partial charge in [-0.05, 0) is 18.6 Å². The molecule has 0 bridgehead atoms. The third-order valence-corrected chi connectivity index (χ3v) is 5.36. The van der Waals surface area contributed by atoms with Crippen molar-refractivity contribution in [2.24, 2.45) is 7.05 Å². The van der Waals surface area contributed by atoms with E-state index in [0.717, 1.165) is 16.6 Å². The van der Waals surface area contributed by atoms with Crippen molar-refractivity contribution in [1.82, 2.24) is 30.0 Å². The number of aromatic nitrogens is 4. The minimum Gasteiger partial charge on any atom is -0.339 e. The van der Waals surface area contributed by atoms with Crippen molar-refractivity contribution in [2.45, 2.75) is 25.4 Å². The molecule has 1 aromatic carbocycles. The number of hydrogen-bond donors (Lipinski definition) is 2. The number of nitrogens with one attached hydrogen (secondary N) is 2. The first kappa shape index (κ1) is 17.3. The van der Waals surface area contributed by atoms with Gasteiger partial charge in [0.25, 0.3) is 5.91 Å². The normalized spacial score (nSPS) is 18.9. The number of nitrogens with zero attached hydrogens (tertiary/aromatic N) is 5. The number of carbonyl (C=O) groups is 3. The van der Waals surface area contributed by atoms with Gasteiger partial charge < -0.3 is 10.2 Å². The Bertz CT molecular complexity index is 1190. The van der Waals surface area contributed by atoms with Crippen LogP contribution in [0, 0.1) is 0 Å². The first-order valence-corrected chi connectivity index (χ1v) is 9.19. The lowest BCUT2D eigenvalue weighted by atomic mass is 10.0. The molecule has 29 heavy (non-hydrogen) atoms. The van der Waals surface area contributed by atoms with Crippen molar-refractivity contribution < 1.29 is 14.4 Å². The summed E-state index contributed by atoms with van der Waals surface area (Å²) in [6, 6.07) is 4.75. The Labute approximate surface area is 164 Å². The molecule has 1 saturated heterocycles. The van der Waals surface area contributed by atoms with Gasteiger partial charge in [0.05, 0.1) is 11.6 Å². The molecular weight excluding hydrogens is 374 g/mol. The topological polar surface area (TPSA) is 122 Å². The van der Waals surface area contributed by atoms with Gasteiger partial charge in [0, 0.05) is 36.8 Å². The molecule has 3 aromatic rings. The van der Waals surface area contributed by atoms with E-state index < -0.39 is 11.9 Å². The van der Waals surface area contributed by atoms with E-state index in [2.05, 4.69) is 25.7 Å². The zero-order valence-electron chi connectivity index (χ0n) is 15.5. The number of carbonyl (C=O) groups excluding carboxylic acids is 3. The molecule has 0 spiro atoms. The van der Waals surface area contributed by atoms with Crippen LogP contribution in [0.5, 0.6) is 0 Å². The van der Waals surface area contributed by atoms with Crippen molar-refractivity contribution in [3.05, 3.63) is 41.9 Å². The molecule has 0 aliphatic carbocycles. The highest BCUT2D eigenvalue weighted by molar-refractivity contribution is 6.06. The molecule has 5 rings (SSSR count). The molecule has 1 atom stereocenters. The van der Waals surface area contributed by atoms with Gasteiger partial charge in [-0.15, -0.1) is 0 Å². The Kier molecular flexibility index (Phi) is 3.79. The second-order valence-corrected chi connectivity index (χ2v) is 7.08. The van der Waals surface area contributed by atoms with Crippen molar-refractivity contribution >= 4 is 40.3 Å². The molecular formula is C19H17N7O3. The summed E-state index contributed by atoms with van der Waals surface area (Å²) in [4.78, 5) is 46.7. The van der Waals surface area contributed by atoms with Crippen LogP contribution in [0.15, 0.2) is 30.7 Å². The Morgan fingerprint density at radius 3 is 2.90 bits per heavy atom. The van der Waals surface area contributed by atoms with E-state index in [-0.39, 0.29) is 24.8 Å². The van der Waals surface area contributed by atoms with Gasteiger partial charge in [-0.1, -0.05) is 6.07 Å². The highest BCUT2D eigenvalue weighted by atomic mass is 16.2. The summed E-state index contributed by atoms with van der Waals surface area (Å²) >= 11 is 0. The SMILES string of the molecule is Cn1ncc2c(Nc3cccc4c3CN(C3CCC(=O)NC3=O)C4=O)ncnc21. The summed E-state index contributed by atoms with van der Waals surface area (Å²) < 4.78 is 1.66. The second-order valence-electron chi connectivity index (χ2n) is 7.08. The monoisotopic (exact) mass is 391 g/mol. The van der Waals surface area contributed by atoms with Crippen LogP contribution >= 0.6 is 0 Å². The van der Waals surface area contributed by atoms with Crippen LogP contribution < -0.4 is 10.6 Å². The Balaban J connectivity index is 1.48. The maximum absolute atomic E-state index is 12.9. The third kappa shape index (κ3) is 2.72. The van der Waals surface area contributed by atoms with E-state index in [1.54, 1.807) is 30.1 Å². The number of piperidine rings is 1. The second kappa shape index (κ2) is 6.36. The van der Waals surface area contributed by atoms with Gasteiger partial charge >= 0.3 is 0 Å². The molecule has 0 saturated carbocycles. The summed E-state index contributed by atoms with van der Waals surface area (Å²) in [7, 11) is 1.80. The van der Waals surface area contributed by atoms with Crippen molar-refractivity contribution in [3.8, 4) is 0 Å². The molecule has 3 amide bonds. The molecule has 1 fully saturated rings.